The number of ketones is 1. The van der Waals surface area contributed by atoms with E-state index in [1.165, 1.54) is 0 Å². The lowest BCUT2D eigenvalue weighted by atomic mass is 9.88. The van der Waals surface area contributed by atoms with Crippen LogP contribution in [0.4, 0.5) is 4.79 Å². The van der Waals surface area contributed by atoms with Crippen molar-refractivity contribution in [1.29, 1.82) is 0 Å². The van der Waals surface area contributed by atoms with Crippen molar-refractivity contribution in [2.45, 2.75) is 31.9 Å². The van der Waals surface area contributed by atoms with Crippen molar-refractivity contribution in [3.63, 3.8) is 0 Å². The van der Waals surface area contributed by atoms with Gasteiger partial charge in [-0.05, 0) is 24.8 Å². The van der Waals surface area contributed by atoms with Crippen LogP contribution in [0.15, 0.2) is 60.7 Å². The highest BCUT2D eigenvalue weighted by atomic mass is 32.2. The van der Waals surface area contributed by atoms with Crippen molar-refractivity contribution in [3.8, 4) is 0 Å². The Kier molecular flexibility index (Phi) is 8.81. The number of nitrogens with one attached hydrogen (secondary N) is 1. The average molecular weight is 487 g/mol. The number of alkyl carbamates (subject to hydrolysis) is 1. The van der Waals surface area contributed by atoms with Gasteiger partial charge in [0.1, 0.15) is 22.5 Å². The van der Waals surface area contributed by atoms with Gasteiger partial charge in [-0.3, -0.25) is 9.59 Å². The average Bonchev–Trinajstić information content (AvgIpc) is 2.85. The van der Waals surface area contributed by atoms with Crippen LogP contribution in [0.25, 0.3) is 0 Å². The number of sulfone groups is 1. The van der Waals surface area contributed by atoms with E-state index in [0.29, 0.717) is 31.5 Å². The monoisotopic (exact) mass is 486 g/mol. The summed E-state index contributed by atoms with van der Waals surface area (Å²) in [6.45, 7) is 0.753. The third-order valence-electron chi connectivity index (χ3n) is 5.82. The Labute approximate surface area is 200 Å². The molecule has 3 rings (SSSR count). The smallest absolute Gasteiger partial charge is 0.408 e. The summed E-state index contributed by atoms with van der Waals surface area (Å²) >= 11 is 0. The van der Waals surface area contributed by atoms with Gasteiger partial charge in [0, 0.05) is 30.8 Å². The Hall–Kier alpha value is -3.20. The topological polar surface area (TPSA) is 110 Å². The van der Waals surface area contributed by atoms with Gasteiger partial charge in [-0.1, -0.05) is 60.7 Å². The number of carbonyl (C=O) groups excluding carboxylic acids is 3. The highest BCUT2D eigenvalue weighted by molar-refractivity contribution is 7.90. The molecule has 1 heterocycles. The van der Waals surface area contributed by atoms with E-state index in [0.717, 1.165) is 11.8 Å². The predicted molar refractivity (Wildman–Crippen MR) is 128 cm³/mol. The van der Waals surface area contributed by atoms with Crippen LogP contribution < -0.4 is 5.32 Å². The molecule has 0 bridgehead atoms. The summed E-state index contributed by atoms with van der Waals surface area (Å²) in [7, 11) is -3.33. The van der Waals surface area contributed by atoms with Crippen molar-refractivity contribution in [2.24, 2.45) is 5.92 Å². The zero-order valence-electron chi connectivity index (χ0n) is 19.2. The maximum Gasteiger partial charge on any atom is 0.408 e. The Morgan fingerprint density at radius 1 is 1.00 bits per heavy atom. The van der Waals surface area contributed by atoms with Gasteiger partial charge in [-0.25, -0.2) is 13.2 Å². The molecule has 2 amide bonds. The van der Waals surface area contributed by atoms with Crippen LogP contribution in [0.5, 0.6) is 0 Å². The molecule has 1 atom stereocenters. The SMILES string of the molecule is CS(=O)(=O)CCC(NC(=O)OCc1ccccc1)C(=O)N1CCC(C(=O)c2ccccc2)CC1. The van der Waals surface area contributed by atoms with Gasteiger partial charge >= 0.3 is 6.09 Å². The second kappa shape index (κ2) is 11.8. The van der Waals surface area contributed by atoms with Crippen LogP contribution in [-0.2, 0) is 26.0 Å². The Balaban J connectivity index is 1.58. The molecule has 1 aliphatic heterocycles. The first-order valence-electron chi connectivity index (χ1n) is 11.3. The second-order valence-corrected chi connectivity index (χ2v) is 10.8. The maximum atomic E-state index is 13.1. The minimum atomic E-state index is -3.33. The number of hydrogen-bond donors (Lipinski definition) is 1. The van der Waals surface area contributed by atoms with E-state index in [1.54, 1.807) is 29.2 Å². The summed E-state index contributed by atoms with van der Waals surface area (Å²) in [6.07, 6.45) is 1.27. The molecule has 8 nitrogen and oxygen atoms in total. The molecule has 0 saturated carbocycles. The molecule has 2 aromatic carbocycles. The van der Waals surface area contributed by atoms with Crippen molar-refractivity contribution in [1.82, 2.24) is 10.2 Å². The minimum Gasteiger partial charge on any atom is -0.445 e. The molecule has 0 spiro atoms. The molecular formula is C25H30N2O6S. The Morgan fingerprint density at radius 3 is 2.18 bits per heavy atom. The third-order valence-corrected chi connectivity index (χ3v) is 6.79. The number of likely N-dealkylation sites (tertiary alicyclic amines) is 1. The number of piperidine rings is 1. The number of rotatable bonds is 9. The van der Waals surface area contributed by atoms with Crippen molar-refractivity contribution in [3.05, 3.63) is 71.8 Å². The van der Waals surface area contributed by atoms with E-state index in [4.69, 9.17) is 4.74 Å². The summed E-state index contributed by atoms with van der Waals surface area (Å²) < 4.78 is 28.6. The first-order chi connectivity index (χ1) is 16.2. The van der Waals surface area contributed by atoms with Crippen LogP contribution in [0.3, 0.4) is 0 Å². The van der Waals surface area contributed by atoms with Gasteiger partial charge in [0.2, 0.25) is 5.91 Å². The highest BCUT2D eigenvalue weighted by Crippen LogP contribution is 2.22. The normalized spacial score (nSPS) is 15.4. The lowest BCUT2D eigenvalue weighted by molar-refractivity contribution is -0.134. The molecule has 0 aliphatic carbocycles. The molecule has 182 valence electrons. The van der Waals surface area contributed by atoms with E-state index in [1.807, 2.05) is 36.4 Å². The van der Waals surface area contributed by atoms with Crippen LogP contribution in [0.1, 0.15) is 35.2 Å². The van der Waals surface area contributed by atoms with Gasteiger partial charge in [-0.2, -0.15) is 0 Å². The van der Waals surface area contributed by atoms with Crippen molar-refractivity contribution < 1.29 is 27.5 Å². The molecule has 2 aromatic rings. The van der Waals surface area contributed by atoms with E-state index in [-0.39, 0.29) is 36.4 Å². The minimum absolute atomic E-state index is 0.0344. The van der Waals surface area contributed by atoms with Gasteiger partial charge in [0.25, 0.3) is 0 Å². The lowest BCUT2D eigenvalue weighted by Crippen LogP contribution is -2.51. The van der Waals surface area contributed by atoms with E-state index in [2.05, 4.69) is 5.32 Å². The molecule has 0 aromatic heterocycles. The number of nitrogens with zero attached hydrogens (tertiary/aromatic N) is 1. The van der Waals surface area contributed by atoms with Gasteiger partial charge in [0.05, 0.1) is 5.75 Å². The summed E-state index contributed by atoms with van der Waals surface area (Å²) in [5, 5.41) is 2.53. The predicted octanol–water partition coefficient (Wildman–Crippen LogP) is 2.84. The Bertz CT molecular complexity index is 1080. The highest BCUT2D eigenvalue weighted by Gasteiger charge is 2.32. The van der Waals surface area contributed by atoms with Crippen molar-refractivity contribution >= 4 is 27.6 Å². The van der Waals surface area contributed by atoms with Crippen molar-refractivity contribution in [2.75, 3.05) is 25.1 Å². The molecule has 1 saturated heterocycles. The molecule has 0 radical (unpaired) electrons. The molecule has 9 heteroatoms. The third kappa shape index (κ3) is 7.69. The van der Waals surface area contributed by atoms with Gasteiger partial charge < -0.3 is 15.0 Å². The number of benzene rings is 2. The van der Waals surface area contributed by atoms with Gasteiger partial charge in [-0.15, -0.1) is 0 Å². The standard InChI is InChI=1S/C25H30N2O6S/c1-34(31,32)17-14-22(26-25(30)33-18-19-8-4-2-5-9-19)24(29)27-15-12-21(13-16-27)23(28)20-10-6-3-7-11-20/h2-11,21-22H,12-18H2,1H3,(H,26,30). The van der Waals surface area contributed by atoms with Crippen LogP contribution >= 0.6 is 0 Å². The number of ether oxygens (including phenoxy) is 1. The fraction of sp³-hybridized carbons (Fsp3) is 0.400. The lowest BCUT2D eigenvalue weighted by Gasteiger charge is -2.33. The van der Waals surface area contributed by atoms with Gasteiger partial charge in [0.15, 0.2) is 5.78 Å². The molecular weight excluding hydrogens is 456 g/mol. The summed E-state index contributed by atoms with van der Waals surface area (Å²) in [4.78, 5) is 39.8. The first kappa shape index (κ1) is 25.4. The zero-order chi connectivity index (χ0) is 24.6. The number of carbonyl (C=O) groups is 3. The first-order valence-corrected chi connectivity index (χ1v) is 13.3. The number of hydrogen-bond acceptors (Lipinski definition) is 6. The fourth-order valence-electron chi connectivity index (χ4n) is 3.92. The summed E-state index contributed by atoms with van der Waals surface area (Å²) in [6, 6.07) is 17.1. The Morgan fingerprint density at radius 2 is 1.59 bits per heavy atom. The molecule has 1 unspecified atom stereocenters. The van der Waals surface area contributed by atoms with Crippen LogP contribution in [0, 0.1) is 5.92 Å². The number of Topliss-reactive ketones (excluding diaryl/α,β-unsaturated/α-hetero) is 1. The summed E-state index contributed by atoms with van der Waals surface area (Å²) in [5.74, 6) is -0.731. The van der Waals surface area contributed by atoms with E-state index in [9.17, 15) is 22.8 Å². The van der Waals surface area contributed by atoms with Crippen LogP contribution in [0.2, 0.25) is 0 Å². The largest absolute Gasteiger partial charge is 0.445 e. The quantitative estimate of drug-likeness (QED) is 0.546. The molecule has 1 fully saturated rings. The summed E-state index contributed by atoms with van der Waals surface area (Å²) in [5.41, 5.74) is 1.45. The number of amides is 2. The molecule has 1 N–H and O–H groups in total. The van der Waals surface area contributed by atoms with Crippen LogP contribution in [-0.4, -0.2) is 62.2 Å². The zero-order valence-corrected chi connectivity index (χ0v) is 20.0. The van der Waals surface area contributed by atoms with E-state index >= 15 is 0 Å². The molecule has 1 aliphatic rings. The maximum absolute atomic E-state index is 13.1. The van der Waals surface area contributed by atoms with E-state index < -0.39 is 22.0 Å². The fourth-order valence-corrected chi connectivity index (χ4v) is 4.58. The second-order valence-electron chi connectivity index (χ2n) is 8.51. The molecule has 34 heavy (non-hydrogen) atoms.